The minimum absolute atomic E-state index is 0.0111. The molecule has 0 aliphatic heterocycles. The Morgan fingerprint density at radius 3 is 2.32 bits per heavy atom. The second-order valence-corrected chi connectivity index (χ2v) is 9.43. The van der Waals surface area contributed by atoms with E-state index < -0.39 is 34.6 Å². The highest BCUT2D eigenvalue weighted by Crippen LogP contribution is 2.29. The van der Waals surface area contributed by atoms with Gasteiger partial charge >= 0.3 is 5.97 Å². The van der Waals surface area contributed by atoms with Crippen LogP contribution in [-0.4, -0.2) is 65.2 Å². The van der Waals surface area contributed by atoms with E-state index in [2.05, 4.69) is 16.5 Å². The lowest BCUT2D eigenvalue weighted by Gasteiger charge is -2.20. The molecule has 0 bridgehead atoms. The van der Waals surface area contributed by atoms with Crippen molar-refractivity contribution in [2.75, 3.05) is 17.6 Å². The van der Waals surface area contributed by atoms with Gasteiger partial charge in [0.25, 0.3) is 0 Å². The molecule has 1 aromatic rings. The van der Waals surface area contributed by atoms with Gasteiger partial charge in [-0.3, -0.25) is 4.79 Å². The number of carboxylic acids is 1. The van der Waals surface area contributed by atoms with Crippen LogP contribution in [0.4, 0.5) is 5.95 Å². The summed E-state index contributed by atoms with van der Waals surface area (Å²) in [6.07, 6.45) is 4.53. The number of hydrogen-bond donors (Lipinski definition) is 3. The van der Waals surface area contributed by atoms with E-state index in [1.54, 1.807) is 25.2 Å². The maximum absolute atomic E-state index is 12.0. The standard InChI is InChI=1S/C21H31N3O6S/c1-7-14(8-2)20-17(10-9-15(25)11-16(26)12-18(27)28)19(13(3)4)22-21(23-20)24(5)31(6,29)30/h7-10,13,15-16,25-26H,1,11-12H2,2-6H3,(H,27,28)/b10-9+,14-8+/t15-,16-/m1/s1. The molecular weight excluding hydrogens is 422 g/mol. The van der Waals surface area contributed by atoms with E-state index in [9.17, 15) is 23.4 Å². The minimum Gasteiger partial charge on any atom is -0.481 e. The maximum Gasteiger partial charge on any atom is 0.305 e. The van der Waals surface area contributed by atoms with Crippen molar-refractivity contribution in [3.05, 3.63) is 41.8 Å². The smallest absolute Gasteiger partial charge is 0.305 e. The number of rotatable bonds is 11. The summed E-state index contributed by atoms with van der Waals surface area (Å²) in [5, 5.41) is 28.7. The number of hydrogen-bond acceptors (Lipinski definition) is 7. The van der Waals surface area contributed by atoms with Crippen LogP contribution in [0.5, 0.6) is 0 Å². The first-order valence-corrected chi connectivity index (χ1v) is 11.6. The number of anilines is 1. The molecule has 1 heterocycles. The molecule has 3 N–H and O–H groups in total. The highest BCUT2D eigenvalue weighted by Gasteiger charge is 2.22. The molecule has 2 atom stereocenters. The Balaban J connectivity index is 3.56. The zero-order chi connectivity index (χ0) is 23.9. The zero-order valence-corrected chi connectivity index (χ0v) is 19.3. The first-order valence-electron chi connectivity index (χ1n) is 9.72. The molecule has 10 heteroatoms. The first kappa shape index (κ1) is 26.5. The van der Waals surface area contributed by atoms with Crippen molar-refractivity contribution >= 4 is 33.6 Å². The predicted molar refractivity (Wildman–Crippen MR) is 121 cm³/mol. The van der Waals surface area contributed by atoms with E-state index >= 15 is 0 Å². The number of sulfonamides is 1. The van der Waals surface area contributed by atoms with Crippen molar-refractivity contribution in [2.45, 2.75) is 51.7 Å². The lowest BCUT2D eigenvalue weighted by atomic mass is 9.97. The van der Waals surface area contributed by atoms with Crippen LogP contribution in [0.3, 0.4) is 0 Å². The molecule has 1 rings (SSSR count). The number of aliphatic hydroxyl groups is 2. The SMILES string of the molecule is C=C/C(=C\C)c1nc(N(C)S(C)(=O)=O)nc(C(C)C)c1/C=C/[C@@H](O)C[C@@H](O)CC(=O)O. The number of carbonyl (C=O) groups is 1. The van der Waals surface area contributed by atoms with Gasteiger partial charge in [-0.05, 0) is 18.4 Å². The molecule has 0 saturated heterocycles. The van der Waals surface area contributed by atoms with Crippen molar-refractivity contribution in [3.8, 4) is 0 Å². The molecule has 0 unspecified atom stereocenters. The van der Waals surface area contributed by atoms with Crippen LogP contribution < -0.4 is 4.31 Å². The summed E-state index contributed by atoms with van der Waals surface area (Å²) in [6, 6.07) is 0. The Labute approximate surface area is 183 Å². The fraction of sp³-hybridized carbons (Fsp3) is 0.476. The quantitative estimate of drug-likeness (QED) is 0.433. The molecule has 31 heavy (non-hydrogen) atoms. The average molecular weight is 454 g/mol. The normalized spacial score (nSPS) is 14.6. The van der Waals surface area contributed by atoms with Crippen LogP contribution in [-0.2, 0) is 14.8 Å². The van der Waals surface area contributed by atoms with Gasteiger partial charge < -0.3 is 15.3 Å². The Bertz CT molecular complexity index is 970. The maximum atomic E-state index is 12.0. The third kappa shape index (κ3) is 7.57. The second kappa shape index (κ2) is 11.2. The molecule has 0 aliphatic carbocycles. The number of carboxylic acid groups (broad SMARTS) is 1. The van der Waals surface area contributed by atoms with E-state index in [0.29, 0.717) is 22.5 Å². The molecule has 0 aromatic carbocycles. The van der Waals surface area contributed by atoms with Gasteiger partial charge in [0.1, 0.15) is 0 Å². The predicted octanol–water partition coefficient (Wildman–Crippen LogP) is 2.18. The van der Waals surface area contributed by atoms with E-state index in [1.807, 2.05) is 13.8 Å². The first-order chi connectivity index (χ1) is 14.3. The molecule has 0 fully saturated rings. The highest BCUT2D eigenvalue weighted by atomic mass is 32.2. The zero-order valence-electron chi connectivity index (χ0n) is 18.5. The fourth-order valence-corrected chi connectivity index (χ4v) is 3.17. The topological polar surface area (TPSA) is 141 Å². The van der Waals surface area contributed by atoms with E-state index in [-0.39, 0.29) is 18.3 Å². The molecule has 1 aromatic heterocycles. The second-order valence-electron chi connectivity index (χ2n) is 7.42. The number of aliphatic carboxylic acids is 1. The van der Waals surface area contributed by atoms with Crippen molar-refractivity contribution in [1.29, 1.82) is 0 Å². The number of nitrogens with zero attached hydrogens (tertiary/aromatic N) is 3. The Morgan fingerprint density at radius 1 is 1.26 bits per heavy atom. The molecule has 0 amide bonds. The van der Waals surface area contributed by atoms with Gasteiger partial charge in [-0.15, -0.1) is 0 Å². The van der Waals surface area contributed by atoms with Crippen molar-refractivity contribution in [3.63, 3.8) is 0 Å². The monoisotopic (exact) mass is 453 g/mol. The van der Waals surface area contributed by atoms with Crippen LogP contribution in [0.25, 0.3) is 11.6 Å². The van der Waals surface area contributed by atoms with Crippen LogP contribution in [0.2, 0.25) is 0 Å². The molecular formula is C21H31N3O6S. The summed E-state index contributed by atoms with van der Waals surface area (Å²) in [4.78, 5) is 19.6. The van der Waals surface area contributed by atoms with E-state index in [1.165, 1.54) is 13.1 Å². The van der Waals surface area contributed by atoms with E-state index in [0.717, 1.165) is 10.6 Å². The summed E-state index contributed by atoms with van der Waals surface area (Å²) in [5.74, 6) is -1.25. The summed E-state index contributed by atoms with van der Waals surface area (Å²) in [5.41, 5.74) is 2.22. The van der Waals surface area contributed by atoms with Crippen molar-refractivity contribution in [1.82, 2.24) is 9.97 Å². The highest BCUT2D eigenvalue weighted by molar-refractivity contribution is 7.92. The van der Waals surface area contributed by atoms with Crippen LogP contribution in [0, 0.1) is 0 Å². The third-order valence-corrected chi connectivity index (χ3v) is 5.66. The van der Waals surface area contributed by atoms with Crippen LogP contribution in [0.1, 0.15) is 56.5 Å². The van der Waals surface area contributed by atoms with Crippen LogP contribution in [0.15, 0.2) is 24.8 Å². The summed E-state index contributed by atoms with van der Waals surface area (Å²) >= 11 is 0. The summed E-state index contributed by atoms with van der Waals surface area (Å²) in [7, 11) is -2.22. The molecule has 0 radical (unpaired) electrons. The molecule has 0 saturated carbocycles. The lowest BCUT2D eigenvalue weighted by Crippen LogP contribution is -2.28. The fourth-order valence-electron chi connectivity index (χ4n) is 2.79. The third-order valence-electron chi connectivity index (χ3n) is 4.50. The molecule has 9 nitrogen and oxygen atoms in total. The van der Waals surface area contributed by atoms with Gasteiger partial charge in [-0.1, -0.05) is 44.7 Å². The number of aromatic nitrogens is 2. The summed E-state index contributed by atoms with van der Waals surface area (Å²) in [6.45, 7) is 9.36. The summed E-state index contributed by atoms with van der Waals surface area (Å²) < 4.78 is 25.0. The number of allylic oxidation sites excluding steroid dienone is 3. The van der Waals surface area contributed by atoms with Crippen LogP contribution >= 0.6 is 0 Å². The van der Waals surface area contributed by atoms with Gasteiger partial charge in [0.15, 0.2) is 0 Å². The molecule has 0 aliphatic rings. The number of aliphatic hydroxyl groups excluding tert-OH is 2. The Morgan fingerprint density at radius 2 is 1.87 bits per heavy atom. The van der Waals surface area contributed by atoms with Gasteiger partial charge in [-0.25, -0.2) is 22.7 Å². The minimum atomic E-state index is -3.59. The Hall–Kier alpha value is -2.56. The van der Waals surface area contributed by atoms with Crippen molar-refractivity contribution < 1.29 is 28.5 Å². The Kier molecular flexibility index (Phi) is 9.54. The average Bonchev–Trinajstić information content (AvgIpc) is 2.65. The largest absolute Gasteiger partial charge is 0.481 e. The molecule has 172 valence electrons. The van der Waals surface area contributed by atoms with E-state index in [4.69, 9.17) is 5.11 Å². The van der Waals surface area contributed by atoms with Gasteiger partial charge in [-0.2, -0.15) is 0 Å². The van der Waals surface area contributed by atoms with Gasteiger partial charge in [0.2, 0.25) is 16.0 Å². The molecule has 0 spiro atoms. The van der Waals surface area contributed by atoms with Gasteiger partial charge in [0, 0.05) is 19.0 Å². The van der Waals surface area contributed by atoms with Crippen molar-refractivity contribution in [2.24, 2.45) is 0 Å². The van der Waals surface area contributed by atoms with Gasteiger partial charge in [0.05, 0.1) is 36.3 Å². The lowest BCUT2D eigenvalue weighted by molar-refractivity contribution is -0.139.